The number of hydrogen-bond donors (Lipinski definition) is 1. The summed E-state index contributed by atoms with van der Waals surface area (Å²) < 4.78 is 7.66. The van der Waals surface area contributed by atoms with Crippen molar-refractivity contribution < 1.29 is 9.53 Å². The Kier molecular flexibility index (Phi) is 8.76. The highest BCUT2D eigenvalue weighted by molar-refractivity contribution is 9.10. The van der Waals surface area contributed by atoms with E-state index in [9.17, 15) is 4.79 Å². The fourth-order valence-electron chi connectivity index (χ4n) is 2.89. The first-order valence-corrected chi connectivity index (χ1v) is 13.2. The van der Waals surface area contributed by atoms with Crippen molar-refractivity contribution in [2.75, 3.05) is 5.75 Å². The lowest BCUT2D eigenvalue weighted by molar-refractivity contribution is -0.118. The van der Waals surface area contributed by atoms with Crippen molar-refractivity contribution in [2.45, 2.75) is 10.9 Å². The number of halogens is 2. The maximum atomic E-state index is 12.3. The van der Waals surface area contributed by atoms with E-state index in [0.717, 1.165) is 31.2 Å². The molecule has 1 aromatic heterocycles. The van der Waals surface area contributed by atoms with E-state index in [0.29, 0.717) is 17.4 Å². The zero-order valence-electron chi connectivity index (χ0n) is 17.8. The van der Waals surface area contributed by atoms with Crippen LogP contribution < -0.4 is 10.2 Å². The second-order valence-electron chi connectivity index (χ2n) is 7.04. The minimum atomic E-state index is -0.212. The molecule has 0 atom stereocenters. The molecule has 3 aromatic carbocycles. The Labute approximate surface area is 219 Å². The number of carbonyl (C=O) groups is 1. The molecular weight excluding hydrogens is 554 g/mol. The highest BCUT2D eigenvalue weighted by atomic mass is 79.9. The van der Waals surface area contributed by atoms with Gasteiger partial charge in [-0.1, -0.05) is 81.8 Å². The third kappa shape index (κ3) is 7.17. The number of amides is 1. The number of hydrazone groups is 1. The molecule has 0 saturated heterocycles. The van der Waals surface area contributed by atoms with Gasteiger partial charge in [0.25, 0.3) is 5.91 Å². The molecule has 0 saturated carbocycles. The molecule has 0 radical (unpaired) electrons. The molecule has 0 aliphatic carbocycles. The standard InChI is InChI=1S/C25H19BrClN3O2S2/c26-20-8-11-23(32-14-17-6-9-21(27)10-7-17)19(12-20)13-28-30-24(31)16-34-25-29-22(15-33-25)18-4-2-1-3-5-18/h1-13,15H,14,16H2,(H,30,31)/b28-13+. The number of carbonyl (C=O) groups excluding carboxylic acids is 1. The lowest BCUT2D eigenvalue weighted by Crippen LogP contribution is -2.19. The molecule has 1 heterocycles. The molecule has 1 N–H and O–H groups in total. The van der Waals surface area contributed by atoms with Crippen molar-refractivity contribution >= 4 is 62.8 Å². The molecule has 9 heteroatoms. The Morgan fingerprint density at radius 1 is 1.15 bits per heavy atom. The van der Waals surface area contributed by atoms with E-state index in [1.165, 1.54) is 23.1 Å². The average Bonchev–Trinajstić information content (AvgIpc) is 3.33. The number of ether oxygens (including phenoxy) is 1. The molecule has 0 fully saturated rings. The van der Waals surface area contributed by atoms with Crippen LogP contribution in [0.2, 0.25) is 5.02 Å². The summed E-state index contributed by atoms with van der Waals surface area (Å²) in [6.07, 6.45) is 1.57. The van der Waals surface area contributed by atoms with E-state index in [1.54, 1.807) is 6.21 Å². The summed E-state index contributed by atoms with van der Waals surface area (Å²) in [6.45, 7) is 0.390. The molecule has 34 heavy (non-hydrogen) atoms. The molecule has 0 aliphatic rings. The SMILES string of the molecule is O=C(CSc1nc(-c2ccccc2)cs1)N/N=C/c1cc(Br)ccc1OCc1ccc(Cl)cc1. The normalized spacial score (nSPS) is 11.0. The number of aromatic nitrogens is 1. The van der Waals surface area contributed by atoms with Crippen molar-refractivity contribution in [3.05, 3.63) is 98.8 Å². The molecule has 172 valence electrons. The number of hydrogen-bond acceptors (Lipinski definition) is 6. The monoisotopic (exact) mass is 571 g/mol. The van der Waals surface area contributed by atoms with Gasteiger partial charge in [0.1, 0.15) is 12.4 Å². The lowest BCUT2D eigenvalue weighted by Gasteiger charge is -2.10. The van der Waals surface area contributed by atoms with Gasteiger partial charge in [-0.3, -0.25) is 4.79 Å². The third-order valence-corrected chi connectivity index (χ3v) is 7.32. The predicted octanol–water partition coefficient (Wildman–Crippen LogP) is 7.05. The van der Waals surface area contributed by atoms with Crippen molar-refractivity contribution in [1.29, 1.82) is 0 Å². The van der Waals surface area contributed by atoms with Gasteiger partial charge in [-0.15, -0.1) is 11.3 Å². The Hall–Kier alpha value is -2.65. The van der Waals surface area contributed by atoms with Gasteiger partial charge < -0.3 is 4.74 Å². The summed E-state index contributed by atoms with van der Waals surface area (Å²) in [5, 5.41) is 6.78. The van der Waals surface area contributed by atoms with E-state index < -0.39 is 0 Å². The van der Waals surface area contributed by atoms with Gasteiger partial charge in [-0.25, -0.2) is 10.4 Å². The van der Waals surface area contributed by atoms with E-state index in [-0.39, 0.29) is 11.7 Å². The molecule has 0 spiro atoms. The lowest BCUT2D eigenvalue weighted by atomic mass is 10.2. The van der Waals surface area contributed by atoms with Crippen LogP contribution in [0.25, 0.3) is 11.3 Å². The number of thioether (sulfide) groups is 1. The second kappa shape index (κ2) is 12.2. The van der Waals surface area contributed by atoms with Gasteiger partial charge in [-0.05, 0) is 35.9 Å². The summed E-state index contributed by atoms with van der Waals surface area (Å²) in [7, 11) is 0. The van der Waals surface area contributed by atoms with Crippen molar-refractivity contribution in [3.8, 4) is 17.0 Å². The molecule has 0 aliphatic heterocycles. The maximum absolute atomic E-state index is 12.3. The van der Waals surface area contributed by atoms with Gasteiger partial charge in [-0.2, -0.15) is 5.10 Å². The fourth-order valence-corrected chi connectivity index (χ4v) is 5.02. The first-order chi connectivity index (χ1) is 16.6. The number of rotatable bonds is 9. The molecule has 0 unspecified atom stereocenters. The zero-order chi connectivity index (χ0) is 23.8. The van der Waals surface area contributed by atoms with Crippen LogP contribution in [-0.4, -0.2) is 22.9 Å². The van der Waals surface area contributed by atoms with Crippen LogP contribution in [0.5, 0.6) is 5.75 Å². The van der Waals surface area contributed by atoms with Crippen LogP contribution in [-0.2, 0) is 11.4 Å². The molecule has 4 aromatic rings. The third-order valence-electron chi connectivity index (χ3n) is 4.55. The highest BCUT2D eigenvalue weighted by Gasteiger charge is 2.08. The topological polar surface area (TPSA) is 63.6 Å². The number of nitrogens with one attached hydrogen (secondary N) is 1. The quantitative estimate of drug-likeness (QED) is 0.133. The Bertz CT molecular complexity index is 1280. The Balaban J connectivity index is 1.30. The zero-order valence-corrected chi connectivity index (χ0v) is 21.8. The van der Waals surface area contributed by atoms with E-state index in [1.807, 2.05) is 78.2 Å². The molecule has 5 nitrogen and oxygen atoms in total. The molecule has 4 rings (SSSR count). The number of thiazole rings is 1. The largest absolute Gasteiger partial charge is 0.488 e. The van der Waals surface area contributed by atoms with E-state index >= 15 is 0 Å². The van der Waals surface area contributed by atoms with Gasteiger partial charge in [0.05, 0.1) is 17.7 Å². The van der Waals surface area contributed by atoms with Crippen LogP contribution in [0.4, 0.5) is 0 Å². The Morgan fingerprint density at radius 2 is 1.94 bits per heavy atom. The average molecular weight is 573 g/mol. The summed E-state index contributed by atoms with van der Waals surface area (Å²) in [5.74, 6) is 0.662. The molecule has 0 bridgehead atoms. The van der Waals surface area contributed by atoms with Crippen LogP contribution in [0, 0.1) is 0 Å². The van der Waals surface area contributed by atoms with Crippen molar-refractivity contribution in [3.63, 3.8) is 0 Å². The van der Waals surface area contributed by atoms with Crippen molar-refractivity contribution in [2.24, 2.45) is 5.10 Å². The van der Waals surface area contributed by atoms with E-state index in [4.69, 9.17) is 16.3 Å². The first kappa shape index (κ1) is 24.5. The number of nitrogens with zero attached hydrogens (tertiary/aromatic N) is 2. The summed E-state index contributed by atoms with van der Waals surface area (Å²) in [6, 6.07) is 23.1. The summed E-state index contributed by atoms with van der Waals surface area (Å²) in [5.41, 5.74) is 6.27. The van der Waals surface area contributed by atoms with Crippen LogP contribution in [0.1, 0.15) is 11.1 Å². The van der Waals surface area contributed by atoms with Crippen LogP contribution in [0.3, 0.4) is 0 Å². The van der Waals surface area contributed by atoms with Gasteiger partial charge >= 0.3 is 0 Å². The van der Waals surface area contributed by atoms with Crippen molar-refractivity contribution in [1.82, 2.24) is 10.4 Å². The minimum Gasteiger partial charge on any atom is -0.488 e. The van der Waals surface area contributed by atoms with Gasteiger partial charge in [0.15, 0.2) is 4.34 Å². The predicted molar refractivity (Wildman–Crippen MR) is 144 cm³/mol. The minimum absolute atomic E-state index is 0.212. The molecule has 1 amide bonds. The van der Waals surface area contributed by atoms with Crippen LogP contribution >= 0.6 is 50.6 Å². The Morgan fingerprint density at radius 3 is 2.74 bits per heavy atom. The smallest absolute Gasteiger partial charge is 0.250 e. The first-order valence-electron chi connectivity index (χ1n) is 10.2. The maximum Gasteiger partial charge on any atom is 0.250 e. The second-order valence-corrected chi connectivity index (χ2v) is 10.5. The van der Waals surface area contributed by atoms with Gasteiger partial charge in [0, 0.05) is 26.0 Å². The van der Waals surface area contributed by atoms with Crippen LogP contribution in [0.15, 0.2) is 92.1 Å². The van der Waals surface area contributed by atoms with Gasteiger partial charge in [0.2, 0.25) is 0 Å². The molecular formula is C25H19BrClN3O2S2. The number of benzene rings is 3. The highest BCUT2D eigenvalue weighted by Crippen LogP contribution is 2.28. The van der Waals surface area contributed by atoms with E-state index in [2.05, 4.69) is 31.4 Å². The fraction of sp³-hybridized carbons (Fsp3) is 0.0800. The summed E-state index contributed by atoms with van der Waals surface area (Å²) >= 11 is 12.3. The summed E-state index contributed by atoms with van der Waals surface area (Å²) in [4.78, 5) is 16.8.